The van der Waals surface area contributed by atoms with Crippen LogP contribution in [0, 0.1) is 0 Å². The Morgan fingerprint density at radius 1 is 0.345 bits per heavy atom. The minimum atomic E-state index is -1.27. The van der Waals surface area contributed by atoms with Gasteiger partial charge in [0.2, 0.25) is 23.6 Å². The second kappa shape index (κ2) is 37.6. The Bertz CT molecular complexity index is 1150. The van der Waals surface area contributed by atoms with Gasteiger partial charge in [-0.2, -0.15) is 0 Å². The van der Waals surface area contributed by atoms with Crippen LogP contribution in [0.2, 0.25) is 0 Å². The molecule has 0 aromatic rings. The molecule has 3 atom stereocenters. The normalized spacial score (nSPS) is 12.6. The van der Waals surface area contributed by atoms with Crippen molar-refractivity contribution in [3.05, 3.63) is 0 Å². The van der Waals surface area contributed by atoms with E-state index in [2.05, 4.69) is 35.1 Å². The molecule has 336 valence electrons. The quantitative estimate of drug-likeness (QED) is 0.0294. The summed E-state index contributed by atoms with van der Waals surface area (Å²) >= 11 is 0. The minimum Gasteiger partial charge on any atom is -0.480 e. The number of unbranched alkanes of at least 4 members (excludes halogenated alkanes) is 21. The van der Waals surface area contributed by atoms with Gasteiger partial charge in [-0.15, -0.1) is 0 Å². The van der Waals surface area contributed by atoms with Crippen LogP contribution in [-0.4, -0.2) is 81.5 Å². The fourth-order valence-electron chi connectivity index (χ4n) is 6.81. The van der Waals surface area contributed by atoms with E-state index in [1.807, 2.05) is 0 Å². The molecule has 0 radical (unpaired) electrons. The third-order valence-electron chi connectivity index (χ3n) is 10.5. The highest BCUT2D eigenvalue weighted by Gasteiger charge is 2.24. The van der Waals surface area contributed by atoms with Crippen LogP contribution >= 0.6 is 0 Å². The number of carboxylic acids is 3. The zero-order valence-corrected chi connectivity index (χ0v) is 36.1. The Labute approximate surface area is 348 Å². The van der Waals surface area contributed by atoms with Gasteiger partial charge in [-0.25, -0.2) is 14.4 Å². The molecule has 0 unspecified atom stereocenters. The van der Waals surface area contributed by atoms with E-state index in [0.29, 0.717) is 25.7 Å². The molecule has 0 rings (SSSR count). The molecule has 14 nitrogen and oxygen atoms in total. The van der Waals surface area contributed by atoms with Gasteiger partial charge in [0.1, 0.15) is 18.1 Å². The van der Waals surface area contributed by atoms with E-state index in [4.69, 9.17) is 0 Å². The van der Waals surface area contributed by atoms with Gasteiger partial charge in [0.25, 0.3) is 0 Å². The van der Waals surface area contributed by atoms with Crippen LogP contribution in [0.25, 0.3) is 0 Å². The second-order valence-corrected chi connectivity index (χ2v) is 15.9. The lowest BCUT2D eigenvalue weighted by Gasteiger charge is -2.17. The van der Waals surface area contributed by atoms with E-state index >= 15 is 0 Å². The summed E-state index contributed by atoms with van der Waals surface area (Å²) in [5.41, 5.74) is 0. The van der Waals surface area contributed by atoms with Gasteiger partial charge < -0.3 is 36.6 Å². The molecule has 14 heteroatoms. The summed E-state index contributed by atoms with van der Waals surface area (Å²) in [6.07, 6.45) is 25.8. The summed E-state index contributed by atoms with van der Waals surface area (Å²) in [5.74, 6) is -5.51. The number of aliphatic carboxylic acids is 3. The molecule has 0 bridgehead atoms. The SMILES string of the molecule is CCCCCCCCCCCCCC(=O)N[C@@H](CCC(=O)NCCCC[C@H](NC(=O)CC[C@H](NC(=O)CCCCCCCCCCCCC)C(=O)O)C(=O)O)C(=O)O. The van der Waals surface area contributed by atoms with Crippen molar-refractivity contribution in [3.8, 4) is 0 Å². The minimum absolute atomic E-state index is 0.0654. The van der Waals surface area contributed by atoms with Gasteiger partial charge in [0.15, 0.2) is 0 Å². The lowest BCUT2D eigenvalue weighted by molar-refractivity contribution is -0.143. The molecule has 0 saturated carbocycles. The number of carbonyl (C=O) groups is 7. The summed E-state index contributed by atoms with van der Waals surface area (Å²) in [7, 11) is 0. The lowest BCUT2D eigenvalue weighted by atomic mass is 10.0. The smallest absolute Gasteiger partial charge is 0.326 e. The predicted octanol–water partition coefficient (Wildman–Crippen LogP) is 7.94. The number of hydrogen-bond donors (Lipinski definition) is 7. The van der Waals surface area contributed by atoms with Gasteiger partial charge in [0.05, 0.1) is 0 Å². The maximum Gasteiger partial charge on any atom is 0.326 e. The van der Waals surface area contributed by atoms with E-state index in [0.717, 1.165) is 38.5 Å². The Balaban J connectivity index is 4.25. The van der Waals surface area contributed by atoms with Crippen LogP contribution in [0.15, 0.2) is 0 Å². The Morgan fingerprint density at radius 3 is 0.983 bits per heavy atom. The average Bonchev–Trinajstić information content (AvgIpc) is 3.18. The molecular formula is C44H80N4O10. The highest BCUT2D eigenvalue weighted by atomic mass is 16.4. The Hall–Kier alpha value is -3.71. The maximum absolute atomic E-state index is 12.5. The van der Waals surface area contributed by atoms with E-state index in [1.54, 1.807) is 0 Å². The summed E-state index contributed by atoms with van der Waals surface area (Å²) in [5, 5.41) is 38.8. The van der Waals surface area contributed by atoms with E-state index in [1.165, 1.54) is 89.9 Å². The van der Waals surface area contributed by atoms with Crippen molar-refractivity contribution in [2.45, 2.75) is 231 Å². The van der Waals surface area contributed by atoms with E-state index in [-0.39, 0.29) is 57.4 Å². The topological polar surface area (TPSA) is 228 Å². The number of nitrogens with one attached hydrogen (secondary N) is 4. The fourth-order valence-corrected chi connectivity index (χ4v) is 6.81. The van der Waals surface area contributed by atoms with Gasteiger partial charge in [-0.3, -0.25) is 19.2 Å². The summed E-state index contributed by atoms with van der Waals surface area (Å²) in [6.45, 7) is 4.62. The number of amides is 4. The Kier molecular flexibility index (Phi) is 35.2. The molecule has 0 spiro atoms. The molecule has 7 N–H and O–H groups in total. The number of rotatable bonds is 41. The van der Waals surface area contributed by atoms with Gasteiger partial charge in [0, 0.05) is 32.2 Å². The van der Waals surface area contributed by atoms with Gasteiger partial charge in [-0.1, -0.05) is 142 Å². The molecule has 0 aliphatic rings. The molecule has 0 aliphatic carbocycles. The van der Waals surface area contributed by atoms with Crippen molar-refractivity contribution in [3.63, 3.8) is 0 Å². The number of hydrogen-bond acceptors (Lipinski definition) is 7. The van der Waals surface area contributed by atoms with Crippen LogP contribution in [0.5, 0.6) is 0 Å². The summed E-state index contributed by atoms with van der Waals surface area (Å²) in [4.78, 5) is 84.7. The predicted molar refractivity (Wildman–Crippen MR) is 226 cm³/mol. The third-order valence-corrected chi connectivity index (χ3v) is 10.5. The molecule has 0 saturated heterocycles. The van der Waals surface area contributed by atoms with Crippen molar-refractivity contribution in [1.82, 2.24) is 21.3 Å². The van der Waals surface area contributed by atoms with Crippen LogP contribution < -0.4 is 21.3 Å². The molecular weight excluding hydrogens is 745 g/mol. The second-order valence-electron chi connectivity index (χ2n) is 15.9. The fraction of sp³-hybridized carbons (Fsp3) is 0.841. The monoisotopic (exact) mass is 825 g/mol. The zero-order valence-electron chi connectivity index (χ0n) is 36.1. The molecule has 0 fully saturated rings. The highest BCUT2D eigenvalue weighted by Crippen LogP contribution is 2.14. The molecule has 0 heterocycles. The molecule has 0 aliphatic heterocycles. The molecule has 0 aromatic carbocycles. The first-order chi connectivity index (χ1) is 27.9. The van der Waals surface area contributed by atoms with E-state index < -0.39 is 53.8 Å². The molecule has 58 heavy (non-hydrogen) atoms. The van der Waals surface area contributed by atoms with Crippen molar-refractivity contribution >= 4 is 41.5 Å². The van der Waals surface area contributed by atoms with Crippen LogP contribution in [0.3, 0.4) is 0 Å². The van der Waals surface area contributed by atoms with E-state index in [9.17, 15) is 48.9 Å². The summed E-state index contributed by atoms with van der Waals surface area (Å²) < 4.78 is 0. The first-order valence-electron chi connectivity index (χ1n) is 22.7. The van der Waals surface area contributed by atoms with Crippen LogP contribution in [0.1, 0.15) is 213 Å². The van der Waals surface area contributed by atoms with Crippen molar-refractivity contribution in [2.24, 2.45) is 0 Å². The standard InChI is InChI=1S/C44H80N4O10/c1-3-5-7-9-11-13-15-17-19-21-23-28-39(50)47-36(43(55)56)30-32-38(49)45-34-26-25-27-35(42(53)54)46-41(52)33-31-37(44(57)58)48-40(51)29-24-22-20-18-16-14-12-10-8-6-4-2/h35-37H,3-34H2,1-2H3,(H,45,49)(H,46,52)(H,47,50)(H,48,51)(H,53,54)(H,55,56)(H,57,58)/t35-,36-,37-/m0/s1. The largest absolute Gasteiger partial charge is 0.480 e. The zero-order chi connectivity index (χ0) is 43.2. The van der Waals surface area contributed by atoms with Crippen LogP contribution in [-0.2, 0) is 33.6 Å². The summed E-state index contributed by atoms with van der Waals surface area (Å²) in [6, 6.07) is -3.65. The van der Waals surface area contributed by atoms with Crippen molar-refractivity contribution in [1.29, 1.82) is 0 Å². The van der Waals surface area contributed by atoms with Gasteiger partial charge >= 0.3 is 17.9 Å². The first-order valence-corrected chi connectivity index (χ1v) is 22.7. The molecule has 4 amide bonds. The maximum atomic E-state index is 12.5. The van der Waals surface area contributed by atoms with Crippen LogP contribution in [0.4, 0.5) is 0 Å². The first kappa shape index (κ1) is 54.3. The van der Waals surface area contributed by atoms with Crippen molar-refractivity contribution in [2.75, 3.05) is 6.54 Å². The number of carbonyl (C=O) groups excluding carboxylic acids is 4. The third kappa shape index (κ3) is 33.3. The lowest BCUT2D eigenvalue weighted by Crippen LogP contribution is -2.44. The average molecular weight is 825 g/mol. The Morgan fingerprint density at radius 2 is 0.638 bits per heavy atom. The van der Waals surface area contributed by atoms with Crippen molar-refractivity contribution < 1.29 is 48.9 Å². The molecule has 0 aromatic heterocycles. The number of carboxylic acid groups (broad SMARTS) is 3. The van der Waals surface area contributed by atoms with Gasteiger partial charge in [-0.05, 0) is 44.9 Å². The highest BCUT2D eigenvalue weighted by molar-refractivity contribution is 5.86.